The lowest BCUT2D eigenvalue weighted by Crippen LogP contribution is -2.21. The number of hydrogen-bond donors (Lipinski definition) is 0. The summed E-state index contributed by atoms with van der Waals surface area (Å²) in [4.78, 5) is 11.3. The maximum absolute atomic E-state index is 14.9. The molecule has 0 amide bonds. The van der Waals surface area contributed by atoms with Gasteiger partial charge in [0.1, 0.15) is 23.0 Å². The Hall–Kier alpha value is -2.75. The summed E-state index contributed by atoms with van der Waals surface area (Å²) in [5.74, 6) is 0.515. The van der Waals surface area contributed by atoms with Gasteiger partial charge in [-0.25, -0.2) is 18.7 Å². The first-order valence-electron chi connectivity index (χ1n) is 11.1. The van der Waals surface area contributed by atoms with E-state index in [4.69, 9.17) is 4.98 Å². The van der Waals surface area contributed by atoms with E-state index in [0.29, 0.717) is 10.7 Å². The average Bonchev–Trinajstić information content (AvgIpc) is 3.44. The quantitative estimate of drug-likeness (QED) is 0.287. The molecule has 5 rings (SSSR count). The second-order valence-electron chi connectivity index (χ2n) is 8.12. The van der Waals surface area contributed by atoms with Gasteiger partial charge >= 0.3 is 0 Å². The molecule has 0 N–H and O–H groups in total. The van der Waals surface area contributed by atoms with Gasteiger partial charge in [-0.3, -0.25) is 4.40 Å². The molecule has 1 aliphatic rings. The zero-order chi connectivity index (χ0) is 23.8. The van der Waals surface area contributed by atoms with Crippen molar-refractivity contribution in [1.82, 2.24) is 18.7 Å². The van der Waals surface area contributed by atoms with Crippen LogP contribution < -0.4 is 4.90 Å². The summed E-state index contributed by atoms with van der Waals surface area (Å²) in [5, 5.41) is 0.123. The van der Waals surface area contributed by atoms with Crippen LogP contribution in [-0.2, 0) is 6.42 Å². The summed E-state index contributed by atoms with van der Waals surface area (Å²) < 4.78 is 32.6. The third-order valence-electron chi connectivity index (χ3n) is 6.10. The molecule has 5 nitrogen and oxygen atoms in total. The number of anilines is 2. The first-order chi connectivity index (χ1) is 16.5. The fraction of sp³-hybridized carbons (Fsp3) is 0.280. The summed E-state index contributed by atoms with van der Waals surface area (Å²) in [6.45, 7) is 4.01. The minimum absolute atomic E-state index is 0.227. The van der Waals surface area contributed by atoms with E-state index < -0.39 is 5.13 Å². The number of rotatable bonds is 6. The summed E-state index contributed by atoms with van der Waals surface area (Å²) in [6, 6.07) is 9.90. The van der Waals surface area contributed by atoms with Gasteiger partial charge in [-0.15, -0.1) is 0 Å². The number of halogens is 2. The highest BCUT2D eigenvalue weighted by Crippen LogP contribution is 2.36. The summed E-state index contributed by atoms with van der Waals surface area (Å²) >= 11 is 2.75. The molecule has 0 bridgehead atoms. The van der Waals surface area contributed by atoms with Gasteiger partial charge in [-0.1, -0.05) is 36.3 Å². The predicted octanol–water partition coefficient (Wildman–Crippen LogP) is 6.43. The average molecular weight is 498 g/mol. The number of aromatic nitrogens is 3. The highest BCUT2D eigenvalue weighted by molar-refractivity contribution is 7.96. The fourth-order valence-corrected chi connectivity index (χ4v) is 5.53. The van der Waals surface area contributed by atoms with Gasteiger partial charge < -0.3 is 4.90 Å². The number of imidazole rings is 1. The number of fused-ring (bicyclic) bond motifs is 1. The van der Waals surface area contributed by atoms with Crippen molar-refractivity contribution in [2.24, 2.45) is 0 Å². The summed E-state index contributed by atoms with van der Waals surface area (Å²) in [5.41, 5.74) is 5.04. The number of hydrogen-bond acceptors (Lipinski definition) is 6. The van der Waals surface area contributed by atoms with Gasteiger partial charge in [-0.05, 0) is 66.6 Å². The molecule has 34 heavy (non-hydrogen) atoms. The fourth-order valence-electron chi connectivity index (χ4n) is 4.25. The molecule has 0 saturated heterocycles. The van der Waals surface area contributed by atoms with Crippen LogP contribution in [0.25, 0.3) is 22.5 Å². The van der Waals surface area contributed by atoms with Crippen LogP contribution in [0.5, 0.6) is 0 Å². The topological polar surface area (TPSA) is 36.7 Å². The van der Waals surface area contributed by atoms with Crippen molar-refractivity contribution in [2.75, 3.05) is 31.3 Å². The molecule has 4 aromatic rings. The molecule has 176 valence electrons. The third kappa shape index (κ3) is 4.23. The monoisotopic (exact) mass is 497 g/mol. The Labute approximate surface area is 205 Å². The first-order valence-corrected chi connectivity index (χ1v) is 13.1. The normalized spacial score (nSPS) is 14.6. The lowest BCUT2D eigenvalue weighted by atomic mass is 10.0. The molecule has 0 fully saturated rings. The van der Waals surface area contributed by atoms with E-state index in [2.05, 4.69) is 45.2 Å². The molecular weight excluding hydrogens is 472 g/mol. The van der Waals surface area contributed by atoms with Crippen molar-refractivity contribution < 1.29 is 8.78 Å². The number of pyridine rings is 1. The van der Waals surface area contributed by atoms with Crippen LogP contribution in [-0.4, -0.2) is 45.1 Å². The molecule has 9 heteroatoms. The third-order valence-corrected chi connectivity index (χ3v) is 7.86. The molecule has 0 aliphatic carbocycles. The number of benzene rings is 1. The standard InChI is InChI=1S/C25H25F2N5S2/c1-4-20-24(30(2)25-29-22(23(27)34-25)17-5-8-19(26)9-6-17)32-15-18(7-10-21(32)28-20)16-11-13-31(33-3)14-12-16/h5-11,15H,4,12-14H2,1-3H3. The lowest BCUT2D eigenvalue weighted by Gasteiger charge is -2.24. The Morgan fingerprint density at radius 1 is 1.09 bits per heavy atom. The van der Waals surface area contributed by atoms with Crippen molar-refractivity contribution >= 4 is 45.5 Å². The van der Waals surface area contributed by atoms with Crippen LogP contribution in [0.15, 0.2) is 48.7 Å². The minimum atomic E-state index is -0.397. The second kappa shape index (κ2) is 9.48. The maximum Gasteiger partial charge on any atom is 0.206 e. The molecule has 0 unspecified atom stereocenters. The second-order valence-corrected chi connectivity index (χ2v) is 9.93. The van der Waals surface area contributed by atoms with Gasteiger partial charge in [0.15, 0.2) is 5.13 Å². The number of nitrogens with zero attached hydrogens (tertiary/aromatic N) is 5. The minimum Gasteiger partial charge on any atom is -0.305 e. The van der Waals surface area contributed by atoms with Gasteiger partial charge in [0.2, 0.25) is 5.13 Å². The summed E-state index contributed by atoms with van der Waals surface area (Å²) in [7, 11) is 1.89. The first kappa shape index (κ1) is 23.0. The molecule has 1 aliphatic heterocycles. The van der Waals surface area contributed by atoms with Crippen molar-refractivity contribution in [2.45, 2.75) is 19.8 Å². The van der Waals surface area contributed by atoms with Crippen LogP contribution in [0.4, 0.5) is 19.7 Å². The van der Waals surface area contributed by atoms with Crippen molar-refractivity contribution in [3.8, 4) is 11.3 Å². The predicted molar refractivity (Wildman–Crippen MR) is 138 cm³/mol. The molecule has 3 aromatic heterocycles. The Morgan fingerprint density at radius 2 is 1.85 bits per heavy atom. The van der Waals surface area contributed by atoms with Gasteiger partial charge in [0, 0.05) is 31.9 Å². The smallest absolute Gasteiger partial charge is 0.206 e. The highest BCUT2D eigenvalue weighted by atomic mass is 32.2. The highest BCUT2D eigenvalue weighted by Gasteiger charge is 2.22. The van der Waals surface area contributed by atoms with Crippen LogP contribution >= 0.6 is 23.3 Å². The van der Waals surface area contributed by atoms with E-state index in [-0.39, 0.29) is 11.5 Å². The van der Waals surface area contributed by atoms with Crippen LogP contribution in [0.1, 0.15) is 24.6 Å². The Balaban J connectivity index is 1.54. The SMILES string of the molecule is CCc1nc2ccc(C3=CCN(SC)CC3)cn2c1N(C)c1nc(-c2ccc(F)cc2)c(F)s1. The van der Waals surface area contributed by atoms with Crippen molar-refractivity contribution in [3.63, 3.8) is 0 Å². The van der Waals surface area contributed by atoms with Crippen molar-refractivity contribution in [3.05, 3.63) is 70.9 Å². The van der Waals surface area contributed by atoms with Crippen LogP contribution in [0.3, 0.4) is 0 Å². The number of thiazole rings is 1. The Bertz CT molecular complexity index is 1360. The van der Waals surface area contributed by atoms with Gasteiger partial charge in [0.05, 0.1) is 5.69 Å². The van der Waals surface area contributed by atoms with Crippen LogP contribution in [0.2, 0.25) is 0 Å². The zero-order valence-corrected chi connectivity index (χ0v) is 20.9. The largest absolute Gasteiger partial charge is 0.305 e. The van der Waals surface area contributed by atoms with E-state index in [0.717, 1.165) is 54.4 Å². The van der Waals surface area contributed by atoms with E-state index in [1.54, 1.807) is 24.1 Å². The van der Waals surface area contributed by atoms with Gasteiger partial charge in [0.25, 0.3) is 0 Å². The Morgan fingerprint density at radius 3 is 2.53 bits per heavy atom. The molecule has 0 radical (unpaired) electrons. The molecule has 0 spiro atoms. The molecule has 4 heterocycles. The maximum atomic E-state index is 14.9. The van der Waals surface area contributed by atoms with Gasteiger partial charge in [-0.2, -0.15) is 4.39 Å². The summed E-state index contributed by atoms with van der Waals surface area (Å²) in [6.07, 6.45) is 8.24. The van der Waals surface area contributed by atoms with Crippen molar-refractivity contribution in [1.29, 1.82) is 0 Å². The van der Waals surface area contributed by atoms with E-state index >= 15 is 0 Å². The molecule has 1 aromatic carbocycles. The van der Waals surface area contributed by atoms with E-state index in [1.807, 2.05) is 18.0 Å². The zero-order valence-electron chi connectivity index (χ0n) is 19.3. The molecule has 0 atom stereocenters. The molecular formula is C25H25F2N5S2. The van der Waals surface area contributed by atoms with Crippen LogP contribution in [0, 0.1) is 10.9 Å². The lowest BCUT2D eigenvalue weighted by molar-refractivity contribution is 0.518. The van der Waals surface area contributed by atoms with E-state index in [1.165, 1.54) is 23.3 Å². The molecule has 0 saturated carbocycles. The van der Waals surface area contributed by atoms with E-state index in [9.17, 15) is 8.78 Å². The number of aryl methyl sites for hydroxylation is 1. The Kier molecular flexibility index (Phi) is 6.42.